The number of carbonyl (C=O) groups is 1. The molecule has 0 aromatic carbocycles. The molecule has 1 saturated heterocycles. The Morgan fingerprint density at radius 3 is 2.86 bits per heavy atom. The Labute approximate surface area is 128 Å². The zero-order chi connectivity index (χ0) is 15.6. The second-order valence-corrected chi connectivity index (χ2v) is 6.39. The molecule has 0 aliphatic carbocycles. The number of carbonyl (C=O) groups excluding carboxylic acids is 1. The van der Waals surface area contributed by atoms with Crippen molar-refractivity contribution in [3.8, 4) is 0 Å². The minimum Gasteiger partial charge on any atom is -0.359 e. The van der Waals surface area contributed by atoms with Gasteiger partial charge in [-0.3, -0.25) is 14.7 Å². The third-order valence-corrected chi connectivity index (χ3v) is 4.48. The monoisotopic (exact) mass is 307 g/mol. The molecule has 2 rings (SSSR count). The molecular formula is C15H21N3O2S. The first kappa shape index (κ1) is 15.7. The van der Waals surface area contributed by atoms with Crippen LogP contribution in [-0.2, 0) is 0 Å². The molecule has 1 aliphatic heterocycles. The number of H-pyrrole nitrogens is 1. The Hall–Kier alpha value is -1.65. The quantitative estimate of drug-likeness (QED) is 0.871. The van der Waals surface area contributed by atoms with Crippen LogP contribution in [0.25, 0.3) is 6.08 Å². The molecule has 0 spiro atoms. The summed E-state index contributed by atoms with van der Waals surface area (Å²) >= 11 is 1.74. The Bertz CT molecular complexity index is 663. The van der Waals surface area contributed by atoms with Crippen molar-refractivity contribution in [2.45, 2.75) is 27.7 Å². The van der Waals surface area contributed by atoms with E-state index < -0.39 is 0 Å². The summed E-state index contributed by atoms with van der Waals surface area (Å²) in [5, 5.41) is 3.90. The zero-order valence-corrected chi connectivity index (χ0v) is 13.7. The SMILES string of the molecule is CCN1CCSC1=C=Cc1c(C)[nH]n(C(=O)C(C)C)c1=O. The maximum absolute atomic E-state index is 12.3. The van der Waals surface area contributed by atoms with Crippen molar-refractivity contribution in [1.82, 2.24) is 14.7 Å². The largest absolute Gasteiger partial charge is 0.359 e. The first-order valence-electron chi connectivity index (χ1n) is 7.16. The first-order valence-corrected chi connectivity index (χ1v) is 8.14. The van der Waals surface area contributed by atoms with Gasteiger partial charge in [0.05, 0.1) is 5.56 Å². The van der Waals surface area contributed by atoms with Gasteiger partial charge < -0.3 is 4.90 Å². The molecule has 0 atom stereocenters. The molecule has 0 bridgehead atoms. The first-order chi connectivity index (χ1) is 9.95. The maximum atomic E-state index is 12.3. The lowest BCUT2D eigenvalue weighted by atomic mass is 10.2. The predicted molar refractivity (Wildman–Crippen MR) is 86.4 cm³/mol. The number of rotatable bonds is 3. The summed E-state index contributed by atoms with van der Waals surface area (Å²) in [6.07, 6.45) is 1.69. The normalized spacial score (nSPS) is 14.7. The van der Waals surface area contributed by atoms with Gasteiger partial charge in [0.25, 0.3) is 11.5 Å². The molecule has 6 heteroatoms. The Balaban J connectivity index is 2.40. The highest BCUT2D eigenvalue weighted by atomic mass is 32.2. The van der Waals surface area contributed by atoms with Crippen LogP contribution < -0.4 is 5.56 Å². The fourth-order valence-corrected chi connectivity index (χ4v) is 3.21. The number of hydrogen-bond acceptors (Lipinski definition) is 4. The molecule has 0 unspecified atom stereocenters. The fourth-order valence-electron chi connectivity index (χ4n) is 2.16. The molecule has 114 valence electrons. The van der Waals surface area contributed by atoms with Gasteiger partial charge in [0.15, 0.2) is 0 Å². The number of aromatic nitrogens is 2. The van der Waals surface area contributed by atoms with E-state index in [0.29, 0.717) is 11.3 Å². The van der Waals surface area contributed by atoms with Crippen LogP contribution in [0.1, 0.15) is 36.8 Å². The highest BCUT2D eigenvalue weighted by Crippen LogP contribution is 2.26. The van der Waals surface area contributed by atoms with Crippen LogP contribution in [-0.4, -0.2) is 39.4 Å². The number of nitrogens with zero attached hydrogens (tertiary/aromatic N) is 2. The molecule has 0 radical (unpaired) electrons. The standard InChI is InChI=1S/C15H21N3O2S/c1-5-17-8-9-21-13(17)7-6-12-11(4)16-18(15(12)20)14(19)10(2)3/h6,10,16H,5,8-9H2,1-4H3. The number of hydrogen-bond donors (Lipinski definition) is 1. The molecule has 5 nitrogen and oxygen atoms in total. The Kier molecular flexibility index (Phi) is 4.80. The van der Waals surface area contributed by atoms with Crippen molar-refractivity contribution in [3.63, 3.8) is 0 Å². The number of thioether (sulfide) groups is 1. The second kappa shape index (κ2) is 6.41. The highest BCUT2D eigenvalue weighted by molar-refractivity contribution is 8.03. The maximum Gasteiger partial charge on any atom is 0.281 e. The Morgan fingerprint density at radius 1 is 1.52 bits per heavy atom. The lowest BCUT2D eigenvalue weighted by Gasteiger charge is -2.13. The van der Waals surface area contributed by atoms with E-state index in [-0.39, 0.29) is 17.4 Å². The highest BCUT2D eigenvalue weighted by Gasteiger charge is 2.18. The van der Waals surface area contributed by atoms with E-state index in [4.69, 9.17) is 0 Å². The van der Waals surface area contributed by atoms with Crippen molar-refractivity contribution >= 4 is 23.7 Å². The molecule has 21 heavy (non-hydrogen) atoms. The minimum atomic E-state index is -0.301. The lowest BCUT2D eigenvalue weighted by molar-refractivity contribution is 0.0834. The molecule has 0 saturated carbocycles. The molecule has 1 aromatic heterocycles. The number of aromatic amines is 1. The number of aryl methyl sites for hydroxylation is 1. The topological polar surface area (TPSA) is 58.1 Å². The number of nitrogens with one attached hydrogen (secondary N) is 1. The van der Waals surface area contributed by atoms with Crippen molar-refractivity contribution in [1.29, 1.82) is 0 Å². The smallest absolute Gasteiger partial charge is 0.281 e. The van der Waals surface area contributed by atoms with E-state index in [0.717, 1.165) is 28.6 Å². The van der Waals surface area contributed by atoms with Gasteiger partial charge in [0.2, 0.25) is 0 Å². The third kappa shape index (κ3) is 3.17. The van der Waals surface area contributed by atoms with Gasteiger partial charge in [-0.15, -0.1) is 0 Å². The molecule has 1 aromatic rings. The summed E-state index contributed by atoms with van der Waals surface area (Å²) in [7, 11) is 0. The van der Waals surface area contributed by atoms with Gasteiger partial charge in [0.1, 0.15) is 5.03 Å². The van der Waals surface area contributed by atoms with Gasteiger partial charge in [-0.1, -0.05) is 31.3 Å². The zero-order valence-electron chi connectivity index (χ0n) is 12.9. The molecule has 1 fully saturated rings. The van der Waals surface area contributed by atoms with Gasteiger partial charge in [-0.2, -0.15) is 4.68 Å². The van der Waals surface area contributed by atoms with Crippen LogP contribution in [0.3, 0.4) is 0 Å². The lowest BCUT2D eigenvalue weighted by Crippen LogP contribution is -2.28. The van der Waals surface area contributed by atoms with E-state index in [1.54, 1.807) is 38.6 Å². The summed E-state index contributed by atoms with van der Waals surface area (Å²) < 4.78 is 1.09. The molecule has 1 aliphatic rings. The van der Waals surface area contributed by atoms with Crippen LogP contribution in [0.15, 0.2) is 15.6 Å². The van der Waals surface area contributed by atoms with Crippen molar-refractivity contribution < 1.29 is 4.79 Å². The van der Waals surface area contributed by atoms with E-state index in [1.165, 1.54) is 0 Å². The predicted octanol–water partition coefficient (Wildman–Crippen LogP) is 2.30. The van der Waals surface area contributed by atoms with Gasteiger partial charge >= 0.3 is 0 Å². The van der Waals surface area contributed by atoms with E-state index in [1.807, 2.05) is 0 Å². The van der Waals surface area contributed by atoms with Crippen molar-refractivity contribution in [2.75, 3.05) is 18.8 Å². The summed E-state index contributed by atoms with van der Waals surface area (Å²) in [6.45, 7) is 9.39. The van der Waals surface area contributed by atoms with Crippen LogP contribution in [0, 0.1) is 12.8 Å². The third-order valence-electron chi connectivity index (χ3n) is 3.44. The van der Waals surface area contributed by atoms with Crippen molar-refractivity contribution in [3.05, 3.63) is 32.4 Å². The van der Waals surface area contributed by atoms with E-state index in [2.05, 4.69) is 22.7 Å². The van der Waals surface area contributed by atoms with Gasteiger partial charge in [-0.25, -0.2) is 0 Å². The molecular weight excluding hydrogens is 286 g/mol. The average molecular weight is 307 g/mol. The summed E-state index contributed by atoms with van der Waals surface area (Å²) in [5.41, 5.74) is 4.09. The molecule has 2 heterocycles. The van der Waals surface area contributed by atoms with Crippen LogP contribution in [0.5, 0.6) is 0 Å². The van der Waals surface area contributed by atoms with E-state index in [9.17, 15) is 9.59 Å². The van der Waals surface area contributed by atoms with Crippen LogP contribution in [0.4, 0.5) is 0 Å². The van der Waals surface area contributed by atoms with Crippen molar-refractivity contribution in [2.24, 2.45) is 5.92 Å². The fraction of sp³-hybridized carbons (Fsp3) is 0.533. The summed E-state index contributed by atoms with van der Waals surface area (Å²) in [5.74, 6) is 0.601. The minimum absolute atomic E-state index is 0.221. The second-order valence-electron chi connectivity index (χ2n) is 5.31. The molecule has 0 amide bonds. The van der Waals surface area contributed by atoms with E-state index >= 15 is 0 Å². The van der Waals surface area contributed by atoms with Gasteiger partial charge in [0, 0.05) is 30.5 Å². The summed E-state index contributed by atoms with van der Waals surface area (Å²) in [4.78, 5) is 26.5. The molecule has 1 N–H and O–H groups in total. The average Bonchev–Trinajstić information content (AvgIpc) is 3.01. The van der Waals surface area contributed by atoms with Crippen LogP contribution >= 0.6 is 11.8 Å². The van der Waals surface area contributed by atoms with Crippen LogP contribution in [0.2, 0.25) is 0 Å². The Morgan fingerprint density at radius 2 is 2.24 bits per heavy atom. The summed E-state index contributed by atoms with van der Waals surface area (Å²) in [6, 6.07) is 0. The van der Waals surface area contributed by atoms with Gasteiger partial charge in [-0.05, 0) is 19.9 Å².